The van der Waals surface area contributed by atoms with Crippen LogP contribution in [0.2, 0.25) is 0 Å². The molecule has 6 heteroatoms. The van der Waals surface area contributed by atoms with E-state index in [1.807, 2.05) is 22.8 Å². The van der Waals surface area contributed by atoms with Gasteiger partial charge in [0.1, 0.15) is 5.82 Å². The number of piperidine rings is 1. The molecule has 2 amide bonds. The van der Waals surface area contributed by atoms with Gasteiger partial charge >= 0.3 is 0 Å². The van der Waals surface area contributed by atoms with E-state index in [-0.39, 0.29) is 29.5 Å². The van der Waals surface area contributed by atoms with Crippen LogP contribution >= 0.6 is 0 Å². The maximum atomic E-state index is 13.3. The fourth-order valence-corrected chi connectivity index (χ4v) is 4.05. The van der Waals surface area contributed by atoms with E-state index < -0.39 is 0 Å². The van der Waals surface area contributed by atoms with Crippen LogP contribution in [0.4, 0.5) is 4.39 Å². The first-order chi connectivity index (χ1) is 12.9. The Balaban J connectivity index is 1.48. The van der Waals surface area contributed by atoms with Crippen LogP contribution < -0.4 is 0 Å². The molecule has 2 aliphatic heterocycles. The summed E-state index contributed by atoms with van der Waals surface area (Å²) in [4.78, 5) is 31.5. The SMILES string of the molecule is CC(Cc1cccc(F)c1)C(=O)N1CCC(C(=O)N2CCN(C)CC2)CC1. The fraction of sp³-hybridized carbons (Fsp3) is 0.619. The van der Waals surface area contributed by atoms with Gasteiger partial charge in [0.05, 0.1) is 0 Å². The van der Waals surface area contributed by atoms with Gasteiger partial charge in [0.15, 0.2) is 0 Å². The molecule has 148 valence electrons. The largest absolute Gasteiger partial charge is 0.342 e. The minimum absolute atomic E-state index is 0.0379. The van der Waals surface area contributed by atoms with Gasteiger partial charge in [-0.3, -0.25) is 9.59 Å². The lowest BCUT2D eigenvalue weighted by molar-refractivity contribution is -0.143. The molecule has 0 N–H and O–H groups in total. The number of nitrogens with zero attached hydrogens (tertiary/aromatic N) is 3. The predicted molar refractivity (Wildman–Crippen MR) is 103 cm³/mol. The summed E-state index contributed by atoms with van der Waals surface area (Å²) in [5.41, 5.74) is 0.844. The maximum absolute atomic E-state index is 13.3. The van der Waals surface area contributed by atoms with Crippen LogP contribution in [-0.4, -0.2) is 72.8 Å². The van der Waals surface area contributed by atoms with E-state index in [0.717, 1.165) is 44.6 Å². The molecule has 2 aliphatic rings. The zero-order valence-corrected chi connectivity index (χ0v) is 16.4. The highest BCUT2D eigenvalue weighted by molar-refractivity contribution is 5.81. The van der Waals surface area contributed by atoms with Crippen molar-refractivity contribution in [2.75, 3.05) is 46.3 Å². The van der Waals surface area contributed by atoms with Gasteiger partial charge < -0.3 is 14.7 Å². The van der Waals surface area contributed by atoms with Crippen LogP contribution in [0.3, 0.4) is 0 Å². The molecule has 3 rings (SSSR count). The summed E-state index contributed by atoms with van der Waals surface area (Å²) in [5.74, 6) is -0.0594. The zero-order valence-electron chi connectivity index (χ0n) is 16.4. The Kier molecular flexibility index (Phi) is 6.47. The molecular formula is C21H30FN3O2. The Morgan fingerprint density at radius 3 is 2.37 bits per heavy atom. The van der Waals surface area contributed by atoms with Gasteiger partial charge in [0.2, 0.25) is 11.8 Å². The third kappa shape index (κ3) is 5.06. The van der Waals surface area contributed by atoms with Gasteiger partial charge in [-0.05, 0) is 44.0 Å². The fourth-order valence-electron chi connectivity index (χ4n) is 4.05. The van der Waals surface area contributed by atoms with Crippen molar-refractivity contribution < 1.29 is 14.0 Å². The summed E-state index contributed by atoms with van der Waals surface area (Å²) < 4.78 is 13.3. The number of amides is 2. The van der Waals surface area contributed by atoms with Gasteiger partial charge in [-0.2, -0.15) is 0 Å². The Morgan fingerprint density at radius 1 is 1.07 bits per heavy atom. The molecule has 0 spiro atoms. The Labute approximate surface area is 161 Å². The lowest BCUT2D eigenvalue weighted by atomic mass is 9.93. The number of likely N-dealkylation sites (N-methyl/N-ethyl adjacent to an activating group) is 1. The van der Waals surface area contributed by atoms with Crippen molar-refractivity contribution >= 4 is 11.8 Å². The summed E-state index contributed by atoms with van der Waals surface area (Å²) in [6, 6.07) is 6.44. The second kappa shape index (κ2) is 8.83. The van der Waals surface area contributed by atoms with E-state index in [1.54, 1.807) is 6.07 Å². The van der Waals surface area contributed by atoms with Crippen LogP contribution in [0.5, 0.6) is 0 Å². The van der Waals surface area contributed by atoms with Gasteiger partial charge in [-0.1, -0.05) is 19.1 Å². The van der Waals surface area contributed by atoms with Crippen molar-refractivity contribution in [2.45, 2.75) is 26.2 Å². The molecule has 1 aromatic carbocycles. The first-order valence-electron chi connectivity index (χ1n) is 9.94. The first kappa shape index (κ1) is 19.8. The molecule has 0 aromatic heterocycles. The highest BCUT2D eigenvalue weighted by Crippen LogP contribution is 2.22. The number of likely N-dealkylation sites (tertiary alicyclic amines) is 1. The summed E-state index contributed by atoms with van der Waals surface area (Å²) >= 11 is 0. The van der Waals surface area contributed by atoms with Crippen molar-refractivity contribution in [3.63, 3.8) is 0 Å². The number of piperazine rings is 1. The van der Waals surface area contributed by atoms with Crippen molar-refractivity contribution in [2.24, 2.45) is 11.8 Å². The van der Waals surface area contributed by atoms with E-state index in [4.69, 9.17) is 0 Å². The highest BCUT2D eigenvalue weighted by Gasteiger charge is 2.32. The summed E-state index contributed by atoms with van der Waals surface area (Å²) in [6.07, 6.45) is 2.02. The molecular weight excluding hydrogens is 345 g/mol. The minimum atomic E-state index is -0.268. The lowest BCUT2D eigenvalue weighted by Gasteiger charge is -2.38. The average Bonchev–Trinajstić information content (AvgIpc) is 2.67. The van der Waals surface area contributed by atoms with E-state index in [9.17, 15) is 14.0 Å². The van der Waals surface area contributed by atoms with Crippen molar-refractivity contribution in [1.29, 1.82) is 0 Å². The van der Waals surface area contributed by atoms with Crippen molar-refractivity contribution in [1.82, 2.24) is 14.7 Å². The number of carbonyl (C=O) groups is 2. The van der Waals surface area contributed by atoms with Crippen LogP contribution in [0, 0.1) is 17.7 Å². The van der Waals surface area contributed by atoms with Crippen molar-refractivity contribution in [3.8, 4) is 0 Å². The molecule has 27 heavy (non-hydrogen) atoms. The quantitative estimate of drug-likeness (QED) is 0.809. The number of carbonyl (C=O) groups excluding carboxylic acids is 2. The number of rotatable bonds is 4. The topological polar surface area (TPSA) is 43.9 Å². The Hall–Kier alpha value is -1.95. The molecule has 1 unspecified atom stereocenters. The van der Waals surface area contributed by atoms with Crippen LogP contribution in [0.25, 0.3) is 0 Å². The molecule has 0 bridgehead atoms. The standard InChI is InChI=1S/C21H30FN3O2/c1-16(14-17-4-3-5-19(22)15-17)20(26)24-8-6-18(7-9-24)21(27)25-12-10-23(2)11-13-25/h3-5,15-16,18H,6-14H2,1-2H3. The molecule has 5 nitrogen and oxygen atoms in total. The smallest absolute Gasteiger partial charge is 0.225 e. The molecule has 1 aromatic rings. The van der Waals surface area contributed by atoms with Gasteiger partial charge in [0.25, 0.3) is 0 Å². The number of hydrogen-bond acceptors (Lipinski definition) is 3. The second-order valence-corrected chi connectivity index (χ2v) is 7.96. The number of hydrogen-bond donors (Lipinski definition) is 0. The zero-order chi connectivity index (χ0) is 19.4. The van der Waals surface area contributed by atoms with Gasteiger partial charge in [0, 0.05) is 51.1 Å². The monoisotopic (exact) mass is 375 g/mol. The summed E-state index contributed by atoms with van der Waals surface area (Å²) in [7, 11) is 2.08. The van der Waals surface area contributed by atoms with E-state index in [0.29, 0.717) is 19.5 Å². The molecule has 1 atom stereocenters. The van der Waals surface area contributed by atoms with Crippen LogP contribution in [-0.2, 0) is 16.0 Å². The van der Waals surface area contributed by atoms with E-state index in [2.05, 4.69) is 11.9 Å². The lowest BCUT2D eigenvalue weighted by Crippen LogP contribution is -2.51. The normalized spacial score (nSPS) is 20.6. The molecule has 0 radical (unpaired) electrons. The molecule has 0 aliphatic carbocycles. The summed E-state index contributed by atoms with van der Waals surface area (Å²) in [5, 5.41) is 0. The number of halogens is 1. The summed E-state index contributed by atoms with van der Waals surface area (Å²) in [6.45, 7) is 6.64. The maximum Gasteiger partial charge on any atom is 0.225 e. The molecule has 2 saturated heterocycles. The predicted octanol–water partition coefficient (Wildman–Crippen LogP) is 2.02. The van der Waals surface area contributed by atoms with Gasteiger partial charge in [-0.25, -0.2) is 4.39 Å². The van der Waals surface area contributed by atoms with Crippen LogP contribution in [0.15, 0.2) is 24.3 Å². The minimum Gasteiger partial charge on any atom is -0.342 e. The Bertz CT molecular complexity index is 665. The molecule has 0 saturated carbocycles. The number of benzene rings is 1. The second-order valence-electron chi connectivity index (χ2n) is 7.96. The van der Waals surface area contributed by atoms with Gasteiger partial charge in [-0.15, -0.1) is 0 Å². The van der Waals surface area contributed by atoms with Crippen molar-refractivity contribution in [3.05, 3.63) is 35.6 Å². The van der Waals surface area contributed by atoms with E-state index >= 15 is 0 Å². The highest BCUT2D eigenvalue weighted by atomic mass is 19.1. The third-order valence-electron chi connectivity index (χ3n) is 5.82. The first-order valence-corrected chi connectivity index (χ1v) is 9.94. The van der Waals surface area contributed by atoms with E-state index in [1.165, 1.54) is 12.1 Å². The molecule has 2 fully saturated rings. The Morgan fingerprint density at radius 2 is 1.74 bits per heavy atom. The third-order valence-corrected chi connectivity index (χ3v) is 5.82. The molecule has 2 heterocycles. The average molecular weight is 375 g/mol. The van der Waals surface area contributed by atoms with Crippen LogP contribution in [0.1, 0.15) is 25.3 Å².